The van der Waals surface area contributed by atoms with Crippen molar-refractivity contribution in [2.75, 3.05) is 0 Å². The monoisotopic (exact) mass is 328 g/mol. The lowest BCUT2D eigenvalue weighted by Crippen LogP contribution is -2.53. The van der Waals surface area contributed by atoms with E-state index in [-0.39, 0.29) is 17.0 Å². The van der Waals surface area contributed by atoms with Gasteiger partial charge in [0.05, 0.1) is 5.41 Å². The Morgan fingerprint density at radius 1 is 0.875 bits per heavy atom. The molecule has 0 saturated heterocycles. The summed E-state index contributed by atoms with van der Waals surface area (Å²) in [6, 6.07) is 0. The van der Waals surface area contributed by atoms with Crippen LogP contribution in [0.4, 0.5) is 0 Å². The van der Waals surface area contributed by atoms with Gasteiger partial charge in [-0.3, -0.25) is 4.79 Å². The third kappa shape index (κ3) is 1.81. The van der Waals surface area contributed by atoms with Crippen LogP contribution in [-0.4, -0.2) is 11.6 Å². The molecule has 132 valence electrons. The van der Waals surface area contributed by atoms with Gasteiger partial charge in [0.2, 0.25) is 0 Å². The average Bonchev–Trinajstić information content (AvgIpc) is 3.16. The van der Waals surface area contributed by atoms with Crippen molar-refractivity contribution in [3.05, 3.63) is 0 Å². The van der Waals surface area contributed by atoms with Gasteiger partial charge in [-0.2, -0.15) is 0 Å². The first-order valence-electron chi connectivity index (χ1n) is 10.8. The fourth-order valence-corrected chi connectivity index (χ4v) is 9.18. The third-order valence-corrected chi connectivity index (χ3v) is 9.55. The van der Waals surface area contributed by atoms with Crippen LogP contribution in [0.25, 0.3) is 0 Å². The van der Waals surface area contributed by atoms with Crippen LogP contribution in [0, 0.1) is 46.8 Å². The van der Waals surface area contributed by atoms with Gasteiger partial charge in [0, 0.05) is 5.92 Å². The molecule has 7 aliphatic carbocycles. The Morgan fingerprint density at radius 2 is 1.50 bits per heavy atom. The fraction of sp³-hybridized carbons (Fsp3) is 0.955. The van der Waals surface area contributed by atoms with E-state index in [9.17, 15) is 4.79 Å². The summed E-state index contributed by atoms with van der Waals surface area (Å²) >= 11 is 0. The van der Waals surface area contributed by atoms with Crippen LogP contribution in [0.5, 0.6) is 0 Å². The number of esters is 1. The van der Waals surface area contributed by atoms with Crippen molar-refractivity contribution in [2.45, 2.75) is 83.2 Å². The number of rotatable bonds is 2. The Hall–Kier alpha value is -0.530. The van der Waals surface area contributed by atoms with Crippen molar-refractivity contribution in [3.8, 4) is 0 Å². The van der Waals surface area contributed by atoms with E-state index >= 15 is 0 Å². The van der Waals surface area contributed by atoms with Gasteiger partial charge in [0.1, 0.15) is 5.60 Å². The second-order valence-corrected chi connectivity index (χ2v) is 11.0. The predicted octanol–water partition coefficient (Wildman–Crippen LogP) is 4.96. The standard InChI is InChI=1S/C22H32O2/c1-21(12-16-8-19(21)18-4-2-3-17(16)18)24-20(23)22-9-13-5-14(10-22)7-15(6-13)11-22/h13-19H,2-12H2,1H3/t13?,14?,15?,16-,17-,18-,19+,21-,22?/m1/s1. The number of carbonyl (C=O) groups excluding carboxylic acids is 1. The van der Waals surface area contributed by atoms with Crippen LogP contribution < -0.4 is 0 Å². The normalized spacial score (nSPS) is 59.8. The van der Waals surface area contributed by atoms with E-state index in [1.165, 1.54) is 44.9 Å². The molecule has 0 aromatic carbocycles. The second-order valence-electron chi connectivity index (χ2n) is 11.0. The Balaban J connectivity index is 1.24. The van der Waals surface area contributed by atoms with Crippen molar-refractivity contribution >= 4 is 5.97 Å². The van der Waals surface area contributed by atoms with E-state index < -0.39 is 0 Å². The first kappa shape index (κ1) is 14.6. The van der Waals surface area contributed by atoms with Gasteiger partial charge in [-0.1, -0.05) is 6.42 Å². The molecule has 0 aromatic rings. The molecule has 7 aliphatic rings. The van der Waals surface area contributed by atoms with E-state index in [4.69, 9.17) is 4.74 Å². The van der Waals surface area contributed by atoms with Crippen molar-refractivity contribution in [1.82, 2.24) is 0 Å². The van der Waals surface area contributed by atoms with Crippen LogP contribution in [0.1, 0.15) is 77.6 Å². The number of fused-ring (bicyclic) bond motifs is 5. The van der Waals surface area contributed by atoms with E-state index in [1.807, 2.05) is 0 Å². The molecule has 5 atom stereocenters. The van der Waals surface area contributed by atoms with E-state index in [0.29, 0.717) is 5.92 Å². The molecule has 7 rings (SSSR count). The van der Waals surface area contributed by atoms with E-state index in [0.717, 1.165) is 61.2 Å². The minimum absolute atomic E-state index is 0.0747. The molecule has 7 saturated carbocycles. The SMILES string of the molecule is C[C@@]1(OC(=O)C23CC4CC(CC(C4)C2)C3)C[C@H]2C[C@H]1[C@@H]1CCC[C@H]21. The minimum atomic E-state index is -0.128. The molecular weight excluding hydrogens is 296 g/mol. The number of hydrogen-bond acceptors (Lipinski definition) is 2. The zero-order valence-corrected chi connectivity index (χ0v) is 15.1. The summed E-state index contributed by atoms with van der Waals surface area (Å²) in [5.41, 5.74) is -0.203. The Labute approximate surface area is 146 Å². The molecule has 0 N–H and O–H groups in total. The molecule has 0 spiro atoms. The molecule has 2 heteroatoms. The van der Waals surface area contributed by atoms with Crippen LogP contribution in [0.15, 0.2) is 0 Å². The maximum absolute atomic E-state index is 13.4. The molecule has 0 aliphatic heterocycles. The zero-order valence-electron chi connectivity index (χ0n) is 15.1. The van der Waals surface area contributed by atoms with Gasteiger partial charge in [0.15, 0.2) is 0 Å². The number of hydrogen-bond donors (Lipinski definition) is 0. The quantitative estimate of drug-likeness (QED) is 0.670. The first-order valence-corrected chi connectivity index (χ1v) is 10.8. The molecule has 0 aromatic heterocycles. The van der Waals surface area contributed by atoms with Crippen LogP contribution in [0.3, 0.4) is 0 Å². The first-order chi connectivity index (χ1) is 11.5. The molecule has 24 heavy (non-hydrogen) atoms. The summed E-state index contributed by atoms with van der Waals surface area (Å²) < 4.78 is 6.49. The molecule has 0 heterocycles. The Bertz CT molecular complexity index is 545. The lowest BCUT2D eigenvalue weighted by Gasteiger charge is -2.56. The van der Waals surface area contributed by atoms with E-state index in [2.05, 4.69) is 6.92 Å². The third-order valence-electron chi connectivity index (χ3n) is 9.55. The van der Waals surface area contributed by atoms with Crippen molar-refractivity contribution in [1.29, 1.82) is 0 Å². The topological polar surface area (TPSA) is 26.3 Å². The highest BCUT2D eigenvalue weighted by Gasteiger charge is 2.63. The summed E-state index contributed by atoms with van der Waals surface area (Å²) in [4.78, 5) is 13.4. The molecule has 2 nitrogen and oxygen atoms in total. The maximum Gasteiger partial charge on any atom is 0.312 e. The largest absolute Gasteiger partial charge is 0.459 e. The number of ether oxygens (including phenoxy) is 1. The van der Waals surface area contributed by atoms with Crippen LogP contribution >= 0.6 is 0 Å². The van der Waals surface area contributed by atoms with Gasteiger partial charge >= 0.3 is 5.97 Å². The summed E-state index contributed by atoms with van der Waals surface area (Å²) in [6.45, 7) is 2.30. The summed E-state index contributed by atoms with van der Waals surface area (Å²) in [5, 5.41) is 0. The minimum Gasteiger partial charge on any atom is -0.459 e. The molecular formula is C22H32O2. The lowest BCUT2D eigenvalue weighted by molar-refractivity contribution is -0.193. The highest BCUT2D eigenvalue weighted by atomic mass is 16.6. The van der Waals surface area contributed by atoms with Crippen LogP contribution in [-0.2, 0) is 9.53 Å². The van der Waals surface area contributed by atoms with Gasteiger partial charge in [-0.25, -0.2) is 0 Å². The van der Waals surface area contributed by atoms with Crippen molar-refractivity contribution < 1.29 is 9.53 Å². The molecule has 0 amide bonds. The Morgan fingerprint density at radius 3 is 2.17 bits per heavy atom. The highest BCUT2D eigenvalue weighted by Crippen LogP contribution is 2.65. The molecule has 0 unspecified atom stereocenters. The smallest absolute Gasteiger partial charge is 0.312 e. The summed E-state index contributed by atoms with van der Waals surface area (Å²) in [7, 11) is 0. The number of carbonyl (C=O) groups is 1. The zero-order chi connectivity index (χ0) is 16.1. The van der Waals surface area contributed by atoms with Crippen molar-refractivity contribution in [3.63, 3.8) is 0 Å². The van der Waals surface area contributed by atoms with Gasteiger partial charge in [0.25, 0.3) is 0 Å². The Kier molecular flexibility index (Phi) is 2.80. The lowest BCUT2D eigenvalue weighted by atomic mass is 9.49. The molecule has 0 radical (unpaired) electrons. The van der Waals surface area contributed by atoms with Crippen molar-refractivity contribution in [2.24, 2.45) is 46.8 Å². The fourth-order valence-electron chi connectivity index (χ4n) is 9.18. The summed E-state index contributed by atoms with van der Waals surface area (Å²) in [6.07, 6.45) is 14.4. The van der Waals surface area contributed by atoms with Gasteiger partial charge in [-0.05, 0) is 107 Å². The highest BCUT2D eigenvalue weighted by molar-refractivity contribution is 5.78. The van der Waals surface area contributed by atoms with Gasteiger partial charge < -0.3 is 4.74 Å². The van der Waals surface area contributed by atoms with Crippen LogP contribution in [0.2, 0.25) is 0 Å². The predicted molar refractivity (Wildman–Crippen MR) is 92.1 cm³/mol. The molecule has 6 bridgehead atoms. The maximum atomic E-state index is 13.4. The molecule has 7 fully saturated rings. The van der Waals surface area contributed by atoms with E-state index in [1.54, 1.807) is 0 Å². The van der Waals surface area contributed by atoms with Gasteiger partial charge in [-0.15, -0.1) is 0 Å². The average molecular weight is 328 g/mol. The second kappa shape index (κ2) is 4.60. The summed E-state index contributed by atoms with van der Waals surface area (Å²) in [5.74, 6) is 6.09.